The van der Waals surface area contributed by atoms with Gasteiger partial charge in [-0.1, -0.05) is 37.3 Å². The summed E-state index contributed by atoms with van der Waals surface area (Å²) in [7, 11) is 3.12. The summed E-state index contributed by atoms with van der Waals surface area (Å²) >= 11 is 0. The van der Waals surface area contributed by atoms with E-state index in [1.165, 1.54) is 12.7 Å². The largest absolute Gasteiger partial charge is 0.497 e. The first-order valence-corrected chi connectivity index (χ1v) is 7.21. The fourth-order valence-corrected chi connectivity index (χ4v) is 2.23. The van der Waals surface area contributed by atoms with Gasteiger partial charge in [0.2, 0.25) is 0 Å². The van der Waals surface area contributed by atoms with Crippen LogP contribution in [-0.4, -0.2) is 26.7 Å². The van der Waals surface area contributed by atoms with Crippen molar-refractivity contribution in [2.75, 3.05) is 20.8 Å². The zero-order chi connectivity index (χ0) is 15.9. The van der Waals surface area contributed by atoms with Gasteiger partial charge in [-0.15, -0.1) is 0 Å². The van der Waals surface area contributed by atoms with Crippen LogP contribution in [-0.2, 0) is 0 Å². The van der Waals surface area contributed by atoms with E-state index < -0.39 is 0 Å². The Morgan fingerprint density at radius 3 is 2.45 bits per heavy atom. The van der Waals surface area contributed by atoms with Crippen molar-refractivity contribution in [3.63, 3.8) is 0 Å². The van der Waals surface area contributed by atoms with Crippen molar-refractivity contribution < 1.29 is 14.3 Å². The van der Waals surface area contributed by atoms with Crippen LogP contribution < -0.4 is 14.8 Å². The van der Waals surface area contributed by atoms with Crippen molar-refractivity contribution in [3.05, 3.63) is 59.7 Å². The third-order valence-corrected chi connectivity index (χ3v) is 3.59. The Morgan fingerprint density at radius 1 is 1.09 bits per heavy atom. The monoisotopic (exact) mass is 299 g/mol. The van der Waals surface area contributed by atoms with E-state index in [9.17, 15) is 4.79 Å². The summed E-state index contributed by atoms with van der Waals surface area (Å²) in [5.74, 6) is 1.26. The molecule has 1 atom stereocenters. The SMILES string of the molecule is COc1ccc(C(=O)NC[C@H](C)c2ccccc2)c(OC)c1. The van der Waals surface area contributed by atoms with Crippen LogP contribution in [0, 0.1) is 0 Å². The molecule has 116 valence electrons. The molecule has 2 aromatic carbocycles. The van der Waals surface area contributed by atoms with Crippen LogP contribution in [0.4, 0.5) is 0 Å². The minimum absolute atomic E-state index is 0.151. The highest BCUT2D eigenvalue weighted by molar-refractivity contribution is 5.97. The van der Waals surface area contributed by atoms with Gasteiger partial charge in [0.1, 0.15) is 11.5 Å². The Kier molecular flexibility index (Phi) is 5.42. The first-order valence-electron chi connectivity index (χ1n) is 7.21. The maximum atomic E-state index is 12.3. The molecule has 0 aliphatic carbocycles. The number of benzene rings is 2. The molecule has 0 aliphatic heterocycles. The van der Waals surface area contributed by atoms with Gasteiger partial charge in [0.25, 0.3) is 5.91 Å². The number of ether oxygens (including phenoxy) is 2. The summed E-state index contributed by atoms with van der Waals surface area (Å²) in [6.45, 7) is 2.65. The molecule has 1 amide bonds. The lowest BCUT2D eigenvalue weighted by molar-refractivity contribution is 0.0948. The summed E-state index contributed by atoms with van der Waals surface area (Å²) in [5, 5.41) is 2.95. The predicted octanol–water partition coefficient (Wildman–Crippen LogP) is 3.24. The van der Waals surface area contributed by atoms with Gasteiger partial charge in [0.05, 0.1) is 19.8 Å². The molecule has 0 saturated heterocycles. The molecule has 22 heavy (non-hydrogen) atoms. The fraction of sp³-hybridized carbons (Fsp3) is 0.278. The molecular weight excluding hydrogens is 278 g/mol. The van der Waals surface area contributed by atoms with Crippen LogP contribution in [0.2, 0.25) is 0 Å². The topological polar surface area (TPSA) is 47.6 Å². The summed E-state index contributed by atoms with van der Waals surface area (Å²) in [6.07, 6.45) is 0. The predicted molar refractivity (Wildman–Crippen MR) is 86.7 cm³/mol. The standard InChI is InChI=1S/C18H21NO3/c1-13(14-7-5-4-6-8-14)12-19-18(20)16-10-9-15(21-2)11-17(16)22-3/h4-11,13H,12H2,1-3H3,(H,19,20)/t13-/m0/s1. The van der Waals surface area contributed by atoms with Crippen molar-refractivity contribution in [2.45, 2.75) is 12.8 Å². The van der Waals surface area contributed by atoms with Crippen molar-refractivity contribution in [2.24, 2.45) is 0 Å². The second-order valence-corrected chi connectivity index (χ2v) is 5.09. The highest BCUT2D eigenvalue weighted by atomic mass is 16.5. The van der Waals surface area contributed by atoms with E-state index in [1.807, 2.05) is 18.2 Å². The van der Waals surface area contributed by atoms with Crippen molar-refractivity contribution >= 4 is 5.91 Å². The highest BCUT2D eigenvalue weighted by Gasteiger charge is 2.14. The van der Waals surface area contributed by atoms with Crippen LogP contribution in [0.15, 0.2) is 48.5 Å². The number of hydrogen-bond acceptors (Lipinski definition) is 3. The zero-order valence-electron chi connectivity index (χ0n) is 13.1. The minimum Gasteiger partial charge on any atom is -0.497 e. The lowest BCUT2D eigenvalue weighted by Gasteiger charge is -2.14. The lowest BCUT2D eigenvalue weighted by atomic mass is 10.0. The number of nitrogens with one attached hydrogen (secondary N) is 1. The van der Waals surface area contributed by atoms with E-state index in [4.69, 9.17) is 9.47 Å². The first-order chi connectivity index (χ1) is 10.7. The third-order valence-electron chi connectivity index (χ3n) is 3.59. The average Bonchev–Trinajstić information content (AvgIpc) is 2.59. The minimum atomic E-state index is -0.151. The molecule has 0 aliphatic rings. The Bertz CT molecular complexity index is 625. The molecule has 1 N–H and O–H groups in total. The van der Waals surface area contributed by atoms with E-state index in [-0.39, 0.29) is 11.8 Å². The van der Waals surface area contributed by atoms with Gasteiger partial charge in [0, 0.05) is 12.6 Å². The smallest absolute Gasteiger partial charge is 0.255 e. The Hall–Kier alpha value is -2.49. The third kappa shape index (κ3) is 3.79. The lowest BCUT2D eigenvalue weighted by Crippen LogP contribution is -2.27. The van der Waals surface area contributed by atoms with E-state index in [2.05, 4.69) is 24.4 Å². The highest BCUT2D eigenvalue weighted by Crippen LogP contribution is 2.24. The van der Waals surface area contributed by atoms with Gasteiger partial charge in [-0.3, -0.25) is 4.79 Å². The molecule has 0 saturated carbocycles. The molecule has 0 unspecified atom stereocenters. The average molecular weight is 299 g/mol. The van der Waals surface area contributed by atoms with Crippen LogP contribution in [0.5, 0.6) is 11.5 Å². The second kappa shape index (κ2) is 7.50. The van der Waals surface area contributed by atoms with Crippen molar-refractivity contribution in [1.82, 2.24) is 5.32 Å². The summed E-state index contributed by atoms with van der Waals surface area (Å²) in [6, 6.07) is 15.3. The van der Waals surface area contributed by atoms with E-state index in [0.29, 0.717) is 23.6 Å². The van der Waals surface area contributed by atoms with Crippen molar-refractivity contribution in [1.29, 1.82) is 0 Å². The summed E-state index contributed by atoms with van der Waals surface area (Å²) < 4.78 is 10.4. The molecule has 4 heteroatoms. The molecule has 2 rings (SSSR count). The molecule has 0 bridgehead atoms. The Balaban J connectivity index is 2.03. The van der Waals surface area contributed by atoms with E-state index >= 15 is 0 Å². The van der Waals surface area contributed by atoms with Crippen LogP contribution in [0.1, 0.15) is 28.8 Å². The second-order valence-electron chi connectivity index (χ2n) is 5.09. The molecule has 0 fully saturated rings. The Morgan fingerprint density at radius 2 is 1.82 bits per heavy atom. The summed E-state index contributed by atoms with van der Waals surface area (Å²) in [4.78, 5) is 12.3. The Labute approximate surface area is 131 Å². The van der Waals surface area contributed by atoms with Gasteiger partial charge >= 0.3 is 0 Å². The van der Waals surface area contributed by atoms with Crippen LogP contribution in [0.25, 0.3) is 0 Å². The number of rotatable bonds is 6. The fourth-order valence-electron chi connectivity index (χ4n) is 2.23. The van der Waals surface area contributed by atoms with E-state index in [1.54, 1.807) is 25.3 Å². The van der Waals surface area contributed by atoms with Gasteiger partial charge in [-0.25, -0.2) is 0 Å². The van der Waals surface area contributed by atoms with Crippen molar-refractivity contribution in [3.8, 4) is 11.5 Å². The van der Waals surface area contributed by atoms with Gasteiger partial charge in [-0.2, -0.15) is 0 Å². The van der Waals surface area contributed by atoms with Gasteiger partial charge < -0.3 is 14.8 Å². The molecule has 0 spiro atoms. The van der Waals surface area contributed by atoms with Crippen LogP contribution in [0.3, 0.4) is 0 Å². The number of hydrogen-bond donors (Lipinski definition) is 1. The molecule has 4 nitrogen and oxygen atoms in total. The molecule has 0 aromatic heterocycles. The molecule has 0 radical (unpaired) electrons. The molecule has 0 heterocycles. The van der Waals surface area contributed by atoms with Gasteiger partial charge in [0.15, 0.2) is 0 Å². The summed E-state index contributed by atoms with van der Waals surface area (Å²) in [5.41, 5.74) is 1.70. The number of carbonyl (C=O) groups is 1. The number of carbonyl (C=O) groups excluding carboxylic acids is 1. The molecular formula is C18H21NO3. The van der Waals surface area contributed by atoms with Crippen LogP contribution >= 0.6 is 0 Å². The zero-order valence-corrected chi connectivity index (χ0v) is 13.1. The number of amides is 1. The maximum Gasteiger partial charge on any atom is 0.255 e. The normalized spacial score (nSPS) is 11.6. The number of methoxy groups -OCH3 is 2. The quantitative estimate of drug-likeness (QED) is 0.891. The maximum absolute atomic E-state index is 12.3. The molecule has 2 aromatic rings. The first kappa shape index (κ1) is 15.9. The van der Waals surface area contributed by atoms with E-state index in [0.717, 1.165) is 0 Å². The van der Waals surface area contributed by atoms with Gasteiger partial charge in [-0.05, 0) is 23.6 Å².